The van der Waals surface area contributed by atoms with Gasteiger partial charge in [0.25, 0.3) is 5.56 Å². The minimum Gasteiger partial charge on any atom is -0.506 e. The molecule has 1 aromatic heterocycles. The number of rotatable bonds is 5. The molecular weight excluding hydrogens is 552 g/mol. The SMILES string of the molecule is CN(c1ccc2c(c1)S(=O)(=O)CC(c1c(O)c3cc(F)ccc3n(Cc3ccc(F)cc3)c1=O)=N2)S(C)(=O)=O. The average Bonchev–Trinajstić information content (AvgIpc) is 2.86. The van der Waals surface area contributed by atoms with Crippen LogP contribution in [-0.2, 0) is 26.4 Å². The number of hydrogen-bond donors (Lipinski definition) is 1. The molecular formula is C26H21F2N3O6S2. The van der Waals surface area contributed by atoms with Crippen LogP contribution in [-0.4, -0.2) is 51.3 Å². The highest BCUT2D eigenvalue weighted by molar-refractivity contribution is 7.92. The number of hydrogen-bond acceptors (Lipinski definition) is 7. The molecule has 0 radical (unpaired) electrons. The van der Waals surface area contributed by atoms with Crippen LogP contribution in [0, 0.1) is 11.6 Å². The van der Waals surface area contributed by atoms with E-state index in [-0.39, 0.29) is 39.4 Å². The van der Waals surface area contributed by atoms with Crippen LogP contribution in [0.15, 0.2) is 75.3 Å². The molecule has 0 saturated heterocycles. The van der Waals surface area contributed by atoms with Crippen molar-refractivity contribution in [3.8, 4) is 5.75 Å². The molecule has 0 atom stereocenters. The molecule has 1 aliphatic rings. The Hall–Kier alpha value is -4.10. The van der Waals surface area contributed by atoms with E-state index >= 15 is 0 Å². The number of pyridine rings is 1. The van der Waals surface area contributed by atoms with Crippen molar-refractivity contribution < 1.29 is 30.7 Å². The van der Waals surface area contributed by atoms with Gasteiger partial charge in [-0.25, -0.2) is 25.6 Å². The molecule has 0 bridgehead atoms. The maximum absolute atomic E-state index is 14.2. The number of benzene rings is 3. The molecule has 202 valence electrons. The summed E-state index contributed by atoms with van der Waals surface area (Å²) in [7, 11) is -6.53. The lowest BCUT2D eigenvalue weighted by Gasteiger charge is -2.22. The maximum Gasteiger partial charge on any atom is 0.264 e. The summed E-state index contributed by atoms with van der Waals surface area (Å²) in [4.78, 5) is 17.8. The topological polar surface area (TPSA) is 126 Å². The largest absolute Gasteiger partial charge is 0.506 e. The lowest BCUT2D eigenvalue weighted by Crippen LogP contribution is -2.32. The van der Waals surface area contributed by atoms with Crippen molar-refractivity contribution in [2.45, 2.75) is 11.4 Å². The molecule has 0 amide bonds. The fraction of sp³-hybridized carbons (Fsp3) is 0.154. The van der Waals surface area contributed by atoms with Crippen molar-refractivity contribution in [3.05, 3.63) is 93.8 Å². The van der Waals surface area contributed by atoms with Crippen LogP contribution in [0.2, 0.25) is 0 Å². The summed E-state index contributed by atoms with van der Waals surface area (Å²) < 4.78 is 80.2. The maximum atomic E-state index is 14.2. The molecule has 0 unspecified atom stereocenters. The van der Waals surface area contributed by atoms with Gasteiger partial charge in [-0.1, -0.05) is 12.1 Å². The van der Waals surface area contributed by atoms with Crippen molar-refractivity contribution >= 4 is 47.8 Å². The molecule has 4 aromatic rings. The first-order valence-corrected chi connectivity index (χ1v) is 14.9. The molecule has 13 heteroatoms. The van der Waals surface area contributed by atoms with Crippen LogP contribution in [0.3, 0.4) is 0 Å². The van der Waals surface area contributed by atoms with Crippen LogP contribution >= 0.6 is 0 Å². The van der Waals surface area contributed by atoms with Crippen molar-refractivity contribution in [2.24, 2.45) is 4.99 Å². The van der Waals surface area contributed by atoms with Gasteiger partial charge in [0, 0.05) is 12.4 Å². The molecule has 0 fully saturated rings. The van der Waals surface area contributed by atoms with Crippen LogP contribution < -0.4 is 9.86 Å². The Morgan fingerprint density at radius 3 is 2.36 bits per heavy atom. The summed E-state index contributed by atoms with van der Waals surface area (Å²) in [6.07, 6.45) is 0.972. The second-order valence-corrected chi connectivity index (χ2v) is 13.1. The van der Waals surface area contributed by atoms with E-state index in [0.717, 1.165) is 22.7 Å². The minimum atomic E-state index is -4.14. The molecule has 1 N–H and O–H groups in total. The van der Waals surface area contributed by atoms with E-state index in [9.17, 15) is 35.5 Å². The normalized spacial score (nSPS) is 14.6. The second kappa shape index (κ2) is 9.27. The van der Waals surface area contributed by atoms with Gasteiger partial charge in [0.1, 0.15) is 22.9 Å². The van der Waals surface area contributed by atoms with Crippen molar-refractivity contribution in [1.29, 1.82) is 0 Å². The number of nitrogens with zero attached hydrogens (tertiary/aromatic N) is 3. The fourth-order valence-corrected chi connectivity index (χ4v) is 6.35. The third-order valence-corrected chi connectivity index (χ3v) is 9.32. The lowest BCUT2D eigenvalue weighted by molar-refractivity contribution is 0.477. The first kappa shape index (κ1) is 26.5. The Labute approximate surface area is 222 Å². The fourth-order valence-electron chi connectivity index (χ4n) is 4.40. The quantitative estimate of drug-likeness (QED) is 0.390. The van der Waals surface area contributed by atoms with E-state index in [1.165, 1.54) is 60.1 Å². The van der Waals surface area contributed by atoms with E-state index in [0.29, 0.717) is 5.56 Å². The number of aromatic nitrogens is 1. The number of anilines is 1. The first-order valence-electron chi connectivity index (χ1n) is 11.4. The predicted molar refractivity (Wildman–Crippen MR) is 143 cm³/mol. The molecule has 1 aliphatic heterocycles. The summed E-state index contributed by atoms with van der Waals surface area (Å²) in [6, 6.07) is 12.7. The zero-order valence-electron chi connectivity index (χ0n) is 20.6. The van der Waals surface area contributed by atoms with Gasteiger partial charge in [0.05, 0.1) is 46.1 Å². The summed E-state index contributed by atoms with van der Waals surface area (Å²) in [5, 5.41) is 11.0. The molecule has 39 heavy (non-hydrogen) atoms. The van der Waals surface area contributed by atoms with Gasteiger partial charge in [-0.15, -0.1) is 0 Å². The predicted octanol–water partition coefficient (Wildman–Crippen LogP) is 3.34. The molecule has 0 spiro atoms. The molecule has 0 saturated carbocycles. The van der Waals surface area contributed by atoms with Gasteiger partial charge in [0.15, 0.2) is 9.84 Å². The third kappa shape index (κ3) is 4.79. The number of aromatic hydroxyl groups is 1. The Kier molecular flexibility index (Phi) is 6.30. The molecule has 0 aliphatic carbocycles. The monoisotopic (exact) mass is 573 g/mol. The average molecular weight is 574 g/mol. The Morgan fingerprint density at radius 1 is 1.03 bits per heavy atom. The highest BCUT2D eigenvalue weighted by atomic mass is 32.2. The number of aliphatic imine (C=N–C) groups is 1. The van der Waals surface area contributed by atoms with Crippen LogP contribution in [0.1, 0.15) is 11.1 Å². The zero-order chi connectivity index (χ0) is 28.3. The summed E-state index contributed by atoms with van der Waals surface area (Å²) in [5.41, 5.74) is -0.682. The summed E-state index contributed by atoms with van der Waals surface area (Å²) >= 11 is 0. The van der Waals surface area contributed by atoms with Gasteiger partial charge in [-0.3, -0.25) is 14.1 Å². The molecule has 2 heterocycles. The number of sulfone groups is 1. The number of fused-ring (bicyclic) bond motifs is 2. The van der Waals surface area contributed by atoms with E-state index in [1.807, 2.05) is 0 Å². The van der Waals surface area contributed by atoms with Crippen molar-refractivity contribution in [1.82, 2.24) is 4.57 Å². The van der Waals surface area contributed by atoms with E-state index < -0.39 is 54.1 Å². The van der Waals surface area contributed by atoms with E-state index in [2.05, 4.69) is 4.99 Å². The molecule has 9 nitrogen and oxygen atoms in total. The van der Waals surface area contributed by atoms with Gasteiger partial charge >= 0.3 is 0 Å². The zero-order valence-corrected chi connectivity index (χ0v) is 22.2. The summed E-state index contributed by atoms with van der Waals surface area (Å²) in [5.74, 6) is -2.57. The second-order valence-electron chi connectivity index (χ2n) is 9.10. The Bertz CT molecular complexity index is 1970. The third-order valence-electron chi connectivity index (χ3n) is 6.46. The highest BCUT2D eigenvalue weighted by Gasteiger charge is 2.32. The standard InChI is InChI=1S/C26H21F2N3O6S2/c1-30(38(2,34)35)18-8-9-20-23(12-18)39(36,37)14-21(29-20)24-25(32)19-11-17(28)7-10-22(19)31(26(24)33)13-15-3-5-16(27)6-4-15/h3-12,32H,13-14H2,1-2H3. The first-order chi connectivity index (χ1) is 18.3. The van der Waals surface area contributed by atoms with E-state index in [4.69, 9.17) is 0 Å². The Balaban J connectivity index is 1.73. The van der Waals surface area contributed by atoms with Crippen LogP contribution in [0.4, 0.5) is 20.2 Å². The van der Waals surface area contributed by atoms with E-state index in [1.54, 1.807) is 0 Å². The van der Waals surface area contributed by atoms with Gasteiger partial charge in [-0.05, 0) is 54.1 Å². The van der Waals surface area contributed by atoms with Crippen LogP contribution in [0.25, 0.3) is 10.9 Å². The molecule has 3 aromatic carbocycles. The number of sulfonamides is 1. The summed E-state index contributed by atoms with van der Waals surface area (Å²) in [6.45, 7) is -0.0771. The smallest absolute Gasteiger partial charge is 0.264 e. The van der Waals surface area contributed by atoms with Gasteiger partial charge in [0.2, 0.25) is 10.0 Å². The van der Waals surface area contributed by atoms with Gasteiger partial charge < -0.3 is 9.67 Å². The number of halogens is 2. The van der Waals surface area contributed by atoms with Crippen LogP contribution in [0.5, 0.6) is 5.75 Å². The highest BCUT2D eigenvalue weighted by Crippen LogP contribution is 2.36. The van der Waals surface area contributed by atoms with Crippen molar-refractivity contribution in [2.75, 3.05) is 23.4 Å². The minimum absolute atomic E-state index is 0.0391. The van der Waals surface area contributed by atoms with Gasteiger partial charge in [-0.2, -0.15) is 0 Å². The van der Waals surface area contributed by atoms with Crippen molar-refractivity contribution in [3.63, 3.8) is 0 Å². The lowest BCUT2D eigenvalue weighted by atomic mass is 10.1. The Morgan fingerprint density at radius 2 is 1.69 bits per heavy atom. The molecule has 5 rings (SSSR count).